The Morgan fingerprint density at radius 1 is 1.00 bits per heavy atom. The summed E-state index contributed by atoms with van der Waals surface area (Å²) in [5.74, 6) is 0. The van der Waals surface area contributed by atoms with E-state index in [2.05, 4.69) is 29.6 Å². The van der Waals surface area contributed by atoms with E-state index in [9.17, 15) is 0 Å². The number of benzene rings is 1. The first kappa shape index (κ1) is 7.25. The van der Waals surface area contributed by atoms with Crippen LogP contribution < -0.4 is 11.5 Å². The highest BCUT2D eigenvalue weighted by atomic mass is 14.9. The van der Waals surface area contributed by atoms with Crippen LogP contribution in [0, 0.1) is 0 Å². The van der Waals surface area contributed by atoms with Crippen molar-refractivity contribution in [1.82, 2.24) is 11.5 Å². The van der Waals surface area contributed by atoms with Crippen LogP contribution in [0.5, 0.6) is 0 Å². The fourth-order valence-corrected chi connectivity index (χ4v) is 1.23. The molecule has 2 nitrogen and oxygen atoms in total. The van der Waals surface area contributed by atoms with Crippen molar-refractivity contribution < 1.29 is 0 Å². The maximum atomic E-state index is 3.29. The minimum atomic E-state index is 0. The van der Waals surface area contributed by atoms with Gasteiger partial charge in [-0.25, -0.2) is 0 Å². The van der Waals surface area contributed by atoms with E-state index < -0.39 is 0 Å². The van der Waals surface area contributed by atoms with Gasteiger partial charge in [-0.05, 0) is 11.1 Å². The van der Waals surface area contributed by atoms with Gasteiger partial charge in [-0.2, -0.15) is 0 Å². The topological polar surface area (TPSA) is 47.0 Å². The highest BCUT2D eigenvalue weighted by Crippen LogP contribution is 2.12. The van der Waals surface area contributed by atoms with Crippen LogP contribution in [-0.4, -0.2) is 0 Å². The molecule has 0 atom stereocenters. The SMILES string of the molecule is N.c1ccc2c(c1)CNC2. The number of hydrogen-bond donors (Lipinski definition) is 2. The summed E-state index contributed by atoms with van der Waals surface area (Å²) in [7, 11) is 0. The van der Waals surface area contributed by atoms with E-state index in [0.717, 1.165) is 13.1 Å². The maximum Gasteiger partial charge on any atom is 0.0211 e. The van der Waals surface area contributed by atoms with Gasteiger partial charge in [0.25, 0.3) is 0 Å². The van der Waals surface area contributed by atoms with Crippen molar-refractivity contribution in [3.63, 3.8) is 0 Å². The fourth-order valence-electron chi connectivity index (χ4n) is 1.23. The molecule has 0 fully saturated rings. The summed E-state index contributed by atoms with van der Waals surface area (Å²) in [4.78, 5) is 0. The van der Waals surface area contributed by atoms with E-state index in [0.29, 0.717) is 0 Å². The lowest BCUT2D eigenvalue weighted by Gasteiger charge is -1.91. The van der Waals surface area contributed by atoms with Crippen LogP contribution in [-0.2, 0) is 13.1 Å². The van der Waals surface area contributed by atoms with E-state index in [1.54, 1.807) is 0 Å². The molecule has 0 saturated heterocycles. The molecule has 1 heterocycles. The quantitative estimate of drug-likeness (QED) is 0.567. The van der Waals surface area contributed by atoms with Gasteiger partial charge in [-0.15, -0.1) is 0 Å². The molecule has 1 aromatic carbocycles. The van der Waals surface area contributed by atoms with Gasteiger partial charge in [-0.1, -0.05) is 24.3 Å². The van der Waals surface area contributed by atoms with Gasteiger partial charge in [0.15, 0.2) is 0 Å². The van der Waals surface area contributed by atoms with Crippen molar-refractivity contribution in [3.05, 3.63) is 35.4 Å². The Morgan fingerprint density at radius 2 is 1.50 bits per heavy atom. The monoisotopic (exact) mass is 136 g/mol. The molecule has 2 heteroatoms. The minimum absolute atomic E-state index is 0. The summed E-state index contributed by atoms with van der Waals surface area (Å²) in [5.41, 5.74) is 2.91. The molecule has 4 N–H and O–H groups in total. The summed E-state index contributed by atoms with van der Waals surface area (Å²) in [5, 5.41) is 3.29. The van der Waals surface area contributed by atoms with E-state index in [1.807, 2.05) is 0 Å². The maximum absolute atomic E-state index is 3.29. The van der Waals surface area contributed by atoms with Gasteiger partial charge < -0.3 is 11.5 Å². The van der Waals surface area contributed by atoms with Crippen LogP contribution in [0.15, 0.2) is 24.3 Å². The normalized spacial score (nSPS) is 14.0. The average molecular weight is 136 g/mol. The molecule has 0 saturated carbocycles. The molecule has 1 aliphatic heterocycles. The van der Waals surface area contributed by atoms with Crippen molar-refractivity contribution >= 4 is 0 Å². The molecule has 1 aromatic rings. The van der Waals surface area contributed by atoms with Gasteiger partial charge >= 0.3 is 0 Å². The molecule has 54 valence electrons. The second-order valence-electron chi connectivity index (χ2n) is 2.37. The molecular formula is C8H12N2. The van der Waals surface area contributed by atoms with Crippen molar-refractivity contribution in [3.8, 4) is 0 Å². The third-order valence-corrected chi connectivity index (χ3v) is 1.75. The Kier molecular flexibility index (Phi) is 2.04. The highest BCUT2D eigenvalue weighted by Gasteiger charge is 2.06. The van der Waals surface area contributed by atoms with Crippen LogP contribution in [0.4, 0.5) is 0 Å². The highest BCUT2D eigenvalue weighted by molar-refractivity contribution is 5.29. The summed E-state index contributed by atoms with van der Waals surface area (Å²) >= 11 is 0. The van der Waals surface area contributed by atoms with Gasteiger partial charge in [0.1, 0.15) is 0 Å². The summed E-state index contributed by atoms with van der Waals surface area (Å²) < 4.78 is 0. The molecule has 2 rings (SSSR count). The second-order valence-corrected chi connectivity index (χ2v) is 2.37. The predicted octanol–water partition coefficient (Wildman–Crippen LogP) is 1.45. The van der Waals surface area contributed by atoms with Gasteiger partial charge in [-0.3, -0.25) is 0 Å². The Hall–Kier alpha value is -0.860. The second kappa shape index (κ2) is 2.82. The predicted molar refractivity (Wildman–Crippen MR) is 42.0 cm³/mol. The molecule has 0 unspecified atom stereocenters. The van der Waals surface area contributed by atoms with Gasteiger partial charge in [0.05, 0.1) is 0 Å². The van der Waals surface area contributed by atoms with Gasteiger partial charge in [0.2, 0.25) is 0 Å². The van der Waals surface area contributed by atoms with Crippen molar-refractivity contribution in [2.45, 2.75) is 13.1 Å². The molecular weight excluding hydrogens is 124 g/mol. The Balaban J connectivity index is 0.000000500. The molecule has 1 aliphatic rings. The fraction of sp³-hybridized carbons (Fsp3) is 0.250. The lowest BCUT2D eigenvalue weighted by molar-refractivity contribution is 0.765. The first-order valence-corrected chi connectivity index (χ1v) is 3.24. The number of fused-ring (bicyclic) bond motifs is 1. The van der Waals surface area contributed by atoms with Crippen molar-refractivity contribution in [1.29, 1.82) is 0 Å². The number of rotatable bonds is 0. The van der Waals surface area contributed by atoms with Crippen LogP contribution in [0.3, 0.4) is 0 Å². The van der Waals surface area contributed by atoms with E-state index in [-0.39, 0.29) is 6.15 Å². The molecule has 0 bridgehead atoms. The lowest BCUT2D eigenvalue weighted by atomic mass is 10.1. The summed E-state index contributed by atoms with van der Waals surface area (Å²) in [6.45, 7) is 2.10. The van der Waals surface area contributed by atoms with E-state index in [4.69, 9.17) is 0 Å². The third kappa shape index (κ3) is 1.03. The Labute approximate surface area is 60.8 Å². The average Bonchev–Trinajstić information content (AvgIpc) is 2.33. The first-order chi connectivity index (χ1) is 4.47. The largest absolute Gasteiger partial charge is 0.344 e. The molecule has 0 amide bonds. The lowest BCUT2D eigenvalue weighted by Crippen LogP contribution is -1.99. The first-order valence-electron chi connectivity index (χ1n) is 3.24. The molecule has 0 radical (unpaired) electrons. The van der Waals surface area contributed by atoms with Gasteiger partial charge in [0, 0.05) is 13.1 Å². The summed E-state index contributed by atoms with van der Waals surface area (Å²) in [6.07, 6.45) is 0. The molecule has 10 heavy (non-hydrogen) atoms. The Morgan fingerprint density at radius 3 is 2.00 bits per heavy atom. The standard InChI is InChI=1S/C8H9N.H3N/c1-2-4-8-6-9-5-7(8)3-1;/h1-4,9H,5-6H2;1H3. The third-order valence-electron chi connectivity index (χ3n) is 1.75. The van der Waals surface area contributed by atoms with Crippen molar-refractivity contribution in [2.75, 3.05) is 0 Å². The smallest absolute Gasteiger partial charge is 0.0211 e. The van der Waals surface area contributed by atoms with Crippen molar-refractivity contribution in [2.24, 2.45) is 0 Å². The molecule has 0 aliphatic carbocycles. The van der Waals surface area contributed by atoms with Crippen LogP contribution >= 0.6 is 0 Å². The molecule has 0 aromatic heterocycles. The van der Waals surface area contributed by atoms with E-state index >= 15 is 0 Å². The van der Waals surface area contributed by atoms with E-state index in [1.165, 1.54) is 11.1 Å². The Bertz CT molecular complexity index is 197. The van der Waals surface area contributed by atoms with Crippen LogP contribution in [0.25, 0.3) is 0 Å². The zero-order valence-corrected chi connectivity index (χ0v) is 5.93. The van der Waals surface area contributed by atoms with Crippen LogP contribution in [0.2, 0.25) is 0 Å². The zero-order chi connectivity index (χ0) is 6.10. The van der Waals surface area contributed by atoms with Crippen LogP contribution in [0.1, 0.15) is 11.1 Å². The summed E-state index contributed by atoms with van der Waals surface area (Å²) in [6, 6.07) is 8.53. The zero-order valence-electron chi connectivity index (χ0n) is 5.93. The number of nitrogens with one attached hydrogen (secondary N) is 1. The molecule has 0 spiro atoms. The number of hydrogen-bond acceptors (Lipinski definition) is 2. The minimum Gasteiger partial charge on any atom is -0.344 e.